The van der Waals surface area contributed by atoms with Crippen LogP contribution in [-0.2, 0) is 0 Å². The van der Waals surface area contributed by atoms with Crippen molar-refractivity contribution in [2.24, 2.45) is 0 Å². The van der Waals surface area contributed by atoms with E-state index in [4.69, 9.17) is 15.3 Å². The van der Waals surface area contributed by atoms with E-state index in [2.05, 4.69) is 0 Å². The summed E-state index contributed by atoms with van der Waals surface area (Å²) < 4.78 is -0.415. The van der Waals surface area contributed by atoms with Gasteiger partial charge in [0, 0.05) is 39.1 Å². The van der Waals surface area contributed by atoms with Gasteiger partial charge in [-0.2, -0.15) is 0 Å². The predicted octanol–water partition coefficient (Wildman–Crippen LogP) is -0.552. The number of aliphatic hydroxyl groups excluding tert-OH is 3. The second-order valence-corrected chi connectivity index (χ2v) is 3.46. The molecular formula is C9H21NO4. The van der Waals surface area contributed by atoms with Gasteiger partial charge in [-0.3, -0.25) is 0 Å². The van der Waals surface area contributed by atoms with Gasteiger partial charge in [-0.05, 0) is 0 Å². The van der Waals surface area contributed by atoms with Crippen LogP contribution in [0.1, 0.15) is 19.3 Å². The first-order valence-electron chi connectivity index (χ1n) is 5.08. The molecule has 0 aliphatic rings. The van der Waals surface area contributed by atoms with E-state index in [1.807, 2.05) is 0 Å². The Labute approximate surface area is 84.8 Å². The molecule has 0 saturated carbocycles. The molecule has 86 valence electrons. The van der Waals surface area contributed by atoms with Gasteiger partial charge in [-0.1, -0.05) is 0 Å². The van der Waals surface area contributed by atoms with Crippen molar-refractivity contribution in [3.63, 3.8) is 0 Å². The summed E-state index contributed by atoms with van der Waals surface area (Å²) in [5.74, 6) is 0. The molecule has 14 heavy (non-hydrogen) atoms. The second-order valence-electron chi connectivity index (χ2n) is 3.46. The number of hydrogen-bond acceptors (Lipinski definition) is 4. The van der Waals surface area contributed by atoms with Gasteiger partial charge in [0.2, 0.25) is 0 Å². The summed E-state index contributed by atoms with van der Waals surface area (Å²) in [6, 6.07) is 0. The normalized spacial score (nSPS) is 12.0. The van der Waals surface area contributed by atoms with E-state index in [1.54, 1.807) is 0 Å². The lowest BCUT2D eigenvalue weighted by atomic mass is 10.3. The Morgan fingerprint density at radius 3 is 1.21 bits per heavy atom. The zero-order valence-electron chi connectivity index (χ0n) is 8.56. The van der Waals surface area contributed by atoms with E-state index >= 15 is 0 Å². The topological polar surface area (TPSA) is 83.8 Å². The Morgan fingerprint density at radius 1 is 0.714 bits per heavy atom. The van der Waals surface area contributed by atoms with Gasteiger partial charge < -0.3 is 25.2 Å². The molecule has 0 unspecified atom stereocenters. The molecular weight excluding hydrogens is 186 g/mol. The molecule has 0 heterocycles. The molecule has 0 amide bonds. The fourth-order valence-corrected chi connectivity index (χ4v) is 1.41. The second kappa shape index (κ2) is 8.14. The van der Waals surface area contributed by atoms with E-state index in [0.29, 0.717) is 38.9 Å². The zero-order valence-corrected chi connectivity index (χ0v) is 8.56. The van der Waals surface area contributed by atoms with Crippen molar-refractivity contribution < 1.29 is 20.0 Å². The highest BCUT2D eigenvalue weighted by atomic mass is 16.5. The Morgan fingerprint density at radius 2 is 1.00 bits per heavy atom. The van der Waals surface area contributed by atoms with Crippen molar-refractivity contribution in [3.05, 3.63) is 5.21 Å². The van der Waals surface area contributed by atoms with E-state index < -0.39 is 4.65 Å². The van der Waals surface area contributed by atoms with Crippen molar-refractivity contribution in [1.29, 1.82) is 0 Å². The van der Waals surface area contributed by atoms with E-state index in [0.717, 1.165) is 0 Å². The molecule has 0 radical (unpaired) electrons. The molecule has 0 aliphatic carbocycles. The predicted molar refractivity (Wildman–Crippen MR) is 53.3 cm³/mol. The van der Waals surface area contributed by atoms with Crippen LogP contribution < -0.4 is 0 Å². The van der Waals surface area contributed by atoms with Crippen molar-refractivity contribution in [1.82, 2.24) is 0 Å². The number of nitrogens with zero attached hydrogens (tertiary/aromatic N) is 1. The van der Waals surface area contributed by atoms with Gasteiger partial charge in [0.15, 0.2) is 0 Å². The van der Waals surface area contributed by atoms with Gasteiger partial charge in [0.1, 0.15) is 0 Å². The summed E-state index contributed by atoms with van der Waals surface area (Å²) in [5.41, 5.74) is 0. The van der Waals surface area contributed by atoms with Crippen LogP contribution in [0.25, 0.3) is 0 Å². The van der Waals surface area contributed by atoms with Crippen LogP contribution in [-0.4, -0.2) is 59.4 Å². The van der Waals surface area contributed by atoms with Crippen LogP contribution in [0.3, 0.4) is 0 Å². The lowest BCUT2D eigenvalue weighted by molar-refractivity contribution is -0.881. The van der Waals surface area contributed by atoms with Gasteiger partial charge in [-0.25, -0.2) is 0 Å². The standard InChI is InChI=1S/C9H21NO4/c11-7-1-4-10(14,5-2-8-12)6-3-9-13/h11-13H,1-9H2. The van der Waals surface area contributed by atoms with E-state index in [9.17, 15) is 5.21 Å². The molecule has 0 aromatic carbocycles. The van der Waals surface area contributed by atoms with Crippen LogP contribution in [0.15, 0.2) is 0 Å². The molecule has 0 spiro atoms. The third-order valence-corrected chi connectivity index (χ3v) is 2.17. The molecule has 5 heteroatoms. The molecule has 0 saturated heterocycles. The first-order valence-corrected chi connectivity index (χ1v) is 5.08. The lowest BCUT2D eigenvalue weighted by Crippen LogP contribution is -2.45. The Balaban J connectivity index is 3.89. The van der Waals surface area contributed by atoms with Crippen LogP contribution in [0.2, 0.25) is 0 Å². The number of rotatable bonds is 9. The molecule has 0 aliphatic heterocycles. The summed E-state index contributed by atoms with van der Waals surface area (Å²) in [5, 5.41) is 37.9. The molecule has 5 nitrogen and oxygen atoms in total. The third-order valence-electron chi connectivity index (χ3n) is 2.17. The highest BCUT2D eigenvalue weighted by molar-refractivity contribution is 4.47. The fraction of sp³-hybridized carbons (Fsp3) is 1.00. The average molecular weight is 207 g/mol. The minimum absolute atomic E-state index is 0.0144. The van der Waals surface area contributed by atoms with Gasteiger partial charge in [-0.15, -0.1) is 0 Å². The maximum absolute atomic E-state index is 12.0. The smallest absolute Gasteiger partial charge is 0.0806 e. The van der Waals surface area contributed by atoms with Crippen molar-refractivity contribution in [2.45, 2.75) is 19.3 Å². The number of hydroxylamine groups is 3. The van der Waals surface area contributed by atoms with Crippen molar-refractivity contribution in [2.75, 3.05) is 39.5 Å². The van der Waals surface area contributed by atoms with E-state index in [-0.39, 0.29) is 19.8 Å². The summed E-state index contributed by atoms with van der Waals surface area (Å²) >= 11 is 0. The Bertz CT molecular complexity index is 110. The number of hydrogen-bond donors (Lipinski definition) is 3. The fourth-order valence-electron chi connectivity index (χ4n) is 1.41. The molecule has 0 bridgehead atoms. The number of quaternary nitrogens is 1. The minimum atomic E-state index is -0.415. The highest BCUT2D eigenvalue weighted by Crippen LogP contribution is 2.08. The van der Waals surface area contributed by atoms with Gasteiger partial charge in [0.25, 0.3) is 0 Å². The van der Waals surface area contributed by atoms with Crippen LogP contribution >= 0.6 is 0 Å². The lowest BCUT2D eigenvalue weighted by Gasteiger charge is -2.42. The maximum atomic E-state index is 12.0. The largest absolute Gasteiger partial charge is 0.633 e. The summed E-state index contributed by atoms with van der Waals surface area (Å²) in [7, 11) is 0. The summed E-state index contributed by atoms with van der Waals surface area (Å²) in [6.45, 7) is 1.12. The van der Waals surface area contributed by atoms with Crippen molar-refractivity contribution >= 4 is 0 Å². The Kier molecular flexibility index (Phi) is 8.02. The molecule has 0 fully saturated rings. The minimum Gasteiger partial charge on any atom is -0.633 e. The molecule has 0 atom stereocenters. The first kappa shape index (κ1) is 13.8. The molecule has 0 aromatic rings. The molecule has 3 N–H and O–H groups in total. The van der Waals surface area contributed by atoms with Crippen LogP contribution in [0.5, 0.6) is 0 Å². The third kappa shape index (κ3) is 6.28. The first-order chi connectivity index (χ1) is 6.68. The van der Waals surface area contributed by atoms with Gasteiger partial charge in [0.05, 0.1) is 19.6 Å². The van der Waals surface area contributed by atoms with Crippen LogP contribution in [0.4, 0.5) is 0 Å². The summed E-state index contributed by atoms with van der Waals surface area (Å²) in [6.07, 6.45) is 1.42. The molecule has 0 aromatic heterocycles. The SMILES string of the molecule is [O-][N+](CCCO)(CCCO)CCCO. The Hall–Kier alpha value is -0.200. The highest BCUT2D eigenvalue weighted by Gasteiger charge is 2.14. The number of aliphatic hydroxyl groups is 3. The summed E-state index contributed by atoms with van der Waals surface area (Å²) in [4.78, 5) is 0. The molecule has 0 rings (SSSR count). The zero-order chi connectivity index (χ0) is 10.9. The van der Waals surface area contributed by atoms with Crippen LogP contribution in [0, 0.1) is 5.21 Å². The van der Waals surface area contributed by atoms with E-state index in [1.165, 1.54) is 0 Å². The maximum Gasteiger partial charge on any atom is 0.0806 e. The monoisotopic (exact) mass is 207 g/mol. The van der Waals surface area contributed by atoms with Crippen molar-refractivity contribution in [3.8, 4) is 0 Å². The average Bonchev–Trinajstić information content (AvgIpc) is 2.21. The quantitative estimate of drug-likeness (QED) is 0.350. The van der Waals surface area contributed by atoms with Gasteiger partial charge >= 0.3 is 0 Å².